The summed E-state index contributed by atoms with van der Waals surface area (Å²) in [6, 6.07) is 4.35. The van der Waals surface area contributed by atoms with Crippen molar-refractivity contribution in [2.24, 2.45) is 0 Å². The third-order valence-corrected chi connectivity index (χ3v) is 4.56. The summed E-state index contributed by atoms with van der Waals surface area (Å²) < 4.78 is 20.9. The summed E-state index contributed by atoms with van der Waals surface area (Å²) in [5.74, 6) is 0.735. The number of likely N-dealkylation sites (tertiary alicyclic amines) is 1. The Bertz CT molecular complexity index is 729. The first-order chi connectivity index (χ1) is 11.6. The van der Waals surface area contributed by atoms with E-state index in [1.807, 2.05) is 6.20 Å². The Morgan fingerprint density at radius 3 is 3.00 bits per heavy atom. The fourth-order valence-corrected chi connectivity index (χ4v) is 3.30. The minimum atomic E-state index is -0.515. The van der Waals surface area contributed by atoms with E-state index >= 15 is 0 Å². The topological polar surface area (TPSA) is 47.4 Å². The van der Waals surface area contributed by atoms with E-state index in [-0.39, 0.29) is 17.6 Å². The number of amides is 1. The Labute approximate surface area is 141 Å². The average Bonchev–Trinajstić information content (AvgIpc) is 3.10. The summed E-state index contributed by atoms with van der Waals surface area (Å²) in [4.78, 5) is 19.0. The van der Waals surface area contributed by atoms with Crippen LogP contribution in [0.3, 0.4) is 0 Å². The Morgan fingerprint density at radius 2 is 2.29 bits per heavy atom. The molecule has 0 aliphatic carbocycles. The lowest BCUT2D eigenvalue weighted by molar-refractivity contribution is 0.0703. The van der Waals surface area contributed by atoms with Crippen LogP contribution in [0, 0.1) is 5.82 Å². The van der Waals surface area contributed by atoms with E-state index in [1.54, 1.807) is 17.2 Å². The van der Waals surface area contributed by atoms with Crippen molar-refractivity contribution in [2.45, 2.75) is 32.2 Å². The number of carbonyl (C=O) groups excluding carboxylic acids is 1. The molecule has 0 spiro atoms. The molecule has 0 bridgehead atoms. The molecule has 0 radical (unpaired) electrons. The van der Waals surface area contributed by atoms with Crippen molar-refractivity contribution in [3.05, 3.63) is 47.8 Å². The van der Waals surface area contributed by atoms with Gasteiger partial charge in [-0.25, -0.2) is 9.37 Å². The van der Waals surface area contributed by atoms with Gasteiger partial charge in [0.25, 0.3) is 5.91 Å². The van der Waals surface area contributed by atoms with Gasteiger partial charge in [-0.15, -0.1) is 0 Å². The zero-order valence-electron chi connectivity index (χ0n) is 14.0. The number of carbonyl (C=O) groups is 1. The van der Waals surface area contributed by atoms with Crippen LogP contribution in [0.1, 0.15) is 41.9 Å². The van der Waals surface area contributed by atoms with E-state index in [9.17, 15) is 9.18 Å². The van der Waals surface area contributed by atoms with Crippen molar-refractivity contribution in [3.63, 3.8) is 0 Å². The second-order valence-electron chi connectivity index (χ2n) is 6.01. The highest BCUT2D eigenvalue weighted by Gasteiger charge is 2.28. The monoisotopic (exact) mass is 331 g/mol. The third-order valence-electron chi connectivity index (χ3n) is 4.56. The molecule has 0 unspecified atom stereocenters. The lowest BCUT2D eigenvalue weighted by Gasteiger charge is -2.32. The lowest BCUT2D eigenvalue weighted by atomic mass is 9.96. The molecule has 24 heavy (non-hydrogen) atoms. The molecule has 1 aliphatic heterocycles. The smallest absolute Gasteiger partial charge is 0.253 e. The van der Waals surface area contributed by atoms with Gasteiger partial charge in [0.05, 0.1) is 7.11 Å². The van der Waals surface area contributed by atoms with E-state index in [0.29, 0.717) is 18.7 Å². The van der Waals surface area contributed by atoms with Gasteiger partial charge in [0, 0.05) is 43.5 Å². The molecule has 1 aromatic heterocycles. The number of imidazole rings is 1. The molecule has 1 fully saturated rings. The maximum absolute atomic E-state index is 13.9. The van der Waals surface area contributed by atoms with Crippen LogP contribution < -0.4 is 4.74 Å². The fourth-order valence-electron chi connectivity index (χ4n) is 3.30. The highest BCUT2D eigenvalue weighted by Crippen LogP contribution is 2.27. The van der Waals surface area contributed by atoms with Crippen LogP contribution in [-0.4, -0.2) is 40.6 Å². The maximum Gasteiger partial charge on any atom is 0.253 e. The van der Waals surface area contributed by atoms with E-state index in [4.69, 9.17) is 4.74 Å². The molecule has 5 nitrogen and oxygen atoms in total. The molecule has 1 amide bonds. The number of rotatable bonds is 4. The number of hydrogen-bond donors (Lipinski definition) is 0. The van der Waals surface area contributed by atoms with Crippen molar-refractivity contribution < 1.29 is 13.9 Å². The van der Waals surface area contributed by atoms with Gasteiger partial charge in [0.15, 0.2) is 11.6 Å². The van der Waals surface area contributed by atoms with Crippen LogP contribution >= 0.6 is 0 Å². The van der Waals surface area contributed by atoms with Gasteiger partial charge in [-0.2, -0.15) is 0 Å². The number of hydrogen-bond acceptors (Lipinski definition) is 3. The molecular formula is C18H22FN3O2. The first kappa shape index (κ1) is 16.5. The Hall–Kier alpha value is -2.37. The second kappa shape index (κ2) is 7.03. The van der Waals surface area contributed by atoms with Crippen molar-refractivity contribution in [1.29, 1.82) is 0 Å². The Morgan fingerprint density at radius 1 is 1.46 bits per heavy atom. The summed E-state index contributed by atoms with van der Waals surface area (Å²) in [7, 11) is 1.41. The number of piperidine rings is 1. The van der Waals surface area contributed by atoms with Crippen LogP contribution in [0.15, 0.2) is 30.6 Å². The zero-order chi connectivity index (χ0) is 17.1. The molecule has 1 saturated heterocycles. The van der Waals surface area contributed by atoms with E-state index in [0.717, 1.165) is 25.2 Å². The van der Waals surface area contributed by atoms with Gasteiger partial charge >= 0.3 is 0 Å². The molecule has 1 aliphatic rings. The number of aromatic nitrogens is 2. The van der Waals surface area contributed by atoms with Crippen molar-refractivity contribution >= 4 is 5.91 Å². The van der Waals surface area contributed by atoms with Crippen LogP contribution in [-0.2, 0) is 6.54 Å². The highest BCUT2D eigenvalue weighted by molar-refractivity contribution is 5.94. The number of ether oxygens (including phenoxy) is 1. The highest BCUT2D eigenvalue weighted by atomic mass is 19.1. The van der Waals surface area contributed by atoms with Gasteiger partial charge in [0.2, 0.25) is 0 Å². The minimum absolute atomic E-state index is 0.143. The van der Waals surface area contributed by atoms with Gasteiger partial charge in [0.1, 0.15) is 5.82 Å². The SMILES string of the molecule is CCn1ccnc1[C@H]1CCCN(C(=O)c2ccc(OC)c(F)c2)C1. The number of nitrogens with zero attached hydrogens (tertiary/aromatic N) is 3. The average molecular weight is 331 g/mol. The predicted octanol–water partition coefficient (Wildman–Crippen LogP) is 3.07. The van der Waals surface area contributed by atoms with Crippen molar-refractivity contribution in [3.8, 4) is 5.75 Å². The van der Waals surface area contributed by atoms with Gasteiger partial charge in [-0.3, -0.25) is 4.79 Å². The third kappa shape index (κ3) is 3.13. The van der Waals surface area contributed by atoms with E-state index in [1.165, 1.54) is 19.2 Å². The van der Waals surface area contributed by atoms with Gasteiger partial charge in [-0.05, 0) is 38.0 Å². The number of aryl methyl sites for hydroxylation is 1. The van der Waals surface area contributed by atoms with Gasteiger partial charge in [-0.1, -0.05) is 0 Å². The molecule has 0 N–H and O–H groups in total. The first-order valence-corrected chi connectivity index (χ1v) is 8.28. The molecule has 128 valence electrons. The van der Waals surface area contributed by atoms with Gasteiger partial charge < -0.3 is 14.2 Å². The number of halogens is 1. The quantitative estimate of drug-likeness (QED) is 0.865. The van der Waals surface area contributed by atoms with E-state index in [2.05, 4.69) is 16.5 Å². The lowest BCUT2D eigenvalue weighted by Crippen LogP contribution is -2.39. The maximum atomic E-state index is 13.9. The molecule has 2 aromatic rings. The molecule has 6 heteroatoms. The predicted molar refractivity (Wildman–Crippen MR) is 88.7 cm³/mol. The molecule has 2 heterocycles. The minimum Gasteiger partial charge on any atom is -0.494 e. The molecule has 3 rings (SSSR count). The Balaban J connectivity index is 1.77. The Kier molecular flexibility index (Phi) is 4.83. The van der Waals surface area contributed by atoms with Crippen LogP contribution in [0.4, 0.5) is 4.39 Å². The van der Waals surface area contributed by atoms with Crippen molar-refractivity contribution in [2.75, 3.05) is 20.2 Å². The van der Waals surface area contributed by atoms with Crippen molar-refractivity contribution in [1.82, 2.24) is 14.5 Å². The summed E-state index contributed by atoms with van der Waals surface area (Å²) in [5, 5.41) is 0. The zero-order valence-corrected chi connectivity index (χ0v) is 14.0. The first-order valence-electron chi connectivity index (χ1n) is 8.28. The summed E-state index contributed by atoms with van der Waals surface area (Å²) in [6.07, 6.45) is 5.71. The molecule has 1 atom stereocenters. The fraction of sp³-hybridized carbons (Fsp3) is 0.444. The normalized spacial score (nSPS) is 17.8. The number of methoxy groups -OCH3 is 1. The second-order valence-corrected chi connectivity index (χ2v) is 6.01. The molecule has 1 aromatic carbocycles. The standard InChI is InChI=1S/C18H22FN3O2/c1-3-21-10-8-20-17(21)14-5-4-9-22(12-14)18(23)13-6-7-16(24-2)15(19)11-13/h6-8,10-11,14H,3-5,9,12H2,1-2H3/t14-/m0/s1. The molecule has 0 saturated carbocycles. The van der Waals surface area contributed by atoms with E-state index < -0.39 is 5.82 Å². The van der Waals surface area contributed by atoms with Crippen LogP contribution in [0.2, 0.25) is 0 Å². The number of benzene rings is 1. The van der Waals surface area contributed by atoms with Crippen LogP contribution in [0.25, 0.3) is 0 Å². The van der Waals surface area contributed by atoms with Crippen LogP contribution in [0.5, 0.6) is 5.75 Å². The largest absolute Gasteiger partial charge is 0.494 e. The summed E-state index contributed by atoms with van der Waals surface area (Å²) >= 11 is 0. The molecular weight excluding hydrogens is 309 g/mol. The summed E-state index contributed by atoms with van der Waals surface area (Å²) in [5.41, 5.74) is 0.354. The summed E-state index contributed by atoms with van der Waals surface area (Å²) in [6.45, 7) is 4.25.